The van der Waals surface area contributed by atoms with Gasteiger partial charge in [-0.2, -0.15) is 4.99 Å². The Morgan fingerprint density at radius 1 is 1.35 bits per heavy atom. The van der Waals surface area contributed by atoms with Crippen molar-refractivity contribution in [2.75, 3.05) is 25.2 Å². The van der Waals surface area contributed by atoms with Crippen LogP contribution in [0.5, 0.6) is 5.75 Å². The van der Waals surface area contributed by atoms with Crippen molar-refractivity contribution in [3.05, 3.63) is 35.8 Å². The Balaban J connectivity index is 0.00000400. The zero-order valence-corrected chi connectivity index (χ0v) is 20.5. The Morgan fingerprint density at radius 3 is 2.81 bits per heavy atom. The monoisotopic (exact) mass is 530 g/mol. The number of carbonyl (C=O) groups excluding carboxylic acids is 2. The van der Waals surface area contributed by atoms with Gasteiger partial charge in [-0.05, 0) is 49.1 Å². The average molecular weight is 531 g/mol. The van der Waals surface area contributed by atoms with Crippen LogP contribution in [0.4, 0.5) is 19.4 Å². The van der Waals surface area contributed by atoms with E-state index in [-0.39, 0.29) is 46.5 Å². The first kappa shape index (κ1) is 26.0. The number of thioether (sulfide) groups is 1. The molecule has 2 fully saturated rings. The van der Waals surface area contributed by atoms with Crippen LogP contribution in [0.25, 0.3) is 11.1 Å². The molecule has 2 aromatic heterocycles. The lowest BCUT2D eigenvalue weighted by atomic mass is 10.00. The first-order chi connectivity index (χ1) is 17.8. The lowest BCUT2D eigenvalue weighted by Gasteiger charge is -2.26. The summed E-state index contributed by atoms with van der Waals surface area (Å²) >= 11 is 0.727. The maximum atomic E-state index is 13.5. The minimum atomic E-state index is -2.88. The van der Waals surface area contributed by atoms with Gasteiger partial charge in [0.15, 0.2) is 5.17 Å². The number of hydrogen-bond acceptors (Lipinski definition) is 8. The number of halogens is 2. The molecule has 2 amide bonds. The maximum absolute atomic E-state index is 13.5. The van der Waals surface area contributed by atoms with Crippen molar-refractivity contribution in [1.29, 1.82) is 5.41 Å². The van der Waals surface area contributed by atoms with Crippen molar-refractivity contribution in [3.8, 4) is 28.7 Å². The number of anilines is 1. The van der Waals surface area contributed by atoms with Crippen LogP contribution >= 0.6 is 11.8 Å². The average Bonchev–Trinajstić information content (AvgIpc) is 3.71. The molecule has 37 heavy (non-hydrogen) atoms. The number of amides is 2. The standard InChI is InChI=1S/C24H22F2N6O4S.H2/c1-35-18-12-29-17(21(25)26)9-15(18)14-10-20(32-7-2-8-36-24(32)34)30-11-16(14)22(33)31-23(28)37-19(27)6-5-13-3-4-13;/h9-13,21,27H,2-4,7-8H2,1H3,(H2,28,31,33);1H. The van der Waals surface area contributed by atoms with Gasteiger partial charge in [0.25, 0.3) is 12.3 Å². The zero-order valence-electron chi connectivity index (χ0n) is 19.7. The van der Waals surface area contributed by atoms with Crippen LogP contribution < -0.4 is 15.4 Å². The first-order valence-corrected chi connectivity index (χ1v) is 12.0. The fourth-order valence-electron chi connectivity index (χ4n) is 3.40. The molecule has 1 saturated heterocycles. The molecule has 0 atom stereocenters. The zero-order chi connectivity index (χ0) is 26.5. The Bertz CT molecular complexity index is 1340. The number of amidine groups is 1. The van der Waals surface area contributed by atoms with E-state index in [2.05, 4.69) is 26.8 Å². The van der Waals surface area contributed by atoms with E-state index in [0.29, 0.717) is 18.9 Å². The van der Waals surface area contributed by atoms with Gasteiger partial charge in [-0.15, -0.1) is 0 Å². The van der Waals surface area contributed by atoms with Crippen LogP contribution in [0.3, 0.4) is 0 Å². The fraction of sp³-hybridized carbons (Fsp3) is 0.333. The predicted molar refractivity (Wildman–Crippen MR) is 136 cm³/mol. The number of cyclic esters (lactones) is 1. The van der Waals surface area contributed by atoms with Crippen molar-refractivity contribution in [3.63, 3.8) is 0 Å². The number of carbonyl (C=O) groups is 2. The summed E-state index contributed by atoms with van der Waals surface area (Å²) in [5.41, 5.74) is 5.49. The van der Waals surface area contributed by atoms with Crippen LogP contribution in [0.1, 0.15) is 43.2 Å². The van der Waals surface area contributed by atoms with Gasteiger partial charge in [-0.25, -0.2) is 18.6 Å². The lowest BCUT2D eigenvalue weighted by molar-refractivity contribution is 0.100. The number of nitrogens with one attached hydrogen (secondary N) is 1. The number of pyridine rings is 2. The van der Waals surface area contributed by atoms with Crippen LogP contribution in [-0.4, -0.2) is 52.4 Å². The highest BCUT2D eigenvalue weighted by Crippen LogP contribution is 2.36. The molecule has 0 bridgehead atoms. The summed E-state index contributed by atoms with van der Waals surface area (Å²) in [6.07, 6.45) is 1.35. The summed E-state index contributed by atoms with van der Waals surface area (Å²) in [7, 11) is 1.33. The van der Waals surface area contributed by atoms with Crippen molar-refractivity contribution < 1.29 is 29.3 Å². The summed E-state index contributed by atoms with van der Waals surface area (Å²) < 4.78 is 37.3. The summed E-state index contributed by atoms with van der Waals surface area (Å²) in [6, 6.07) is 2.49. The highest BCUT2D eigenvalue weighted by molar-refractivity contribution is 8.26. The molecule has 1 aliphatic carbocycles. The van der Waals surface area contributed by atoms with E-state index in [9.17, 15) is 18.4 Å². The minimum Gasteiger partial charge on any atom is -0.494 e. The maximum Gasteiger partial charge on any atom is 0.415 e. The van der Waals surface area contributed by atoms with E-state index < -0.39 is 24.1 Å². The molecule has 0 aromatic carbocycles. The van der Waals surface area contributed by atoms with Gasteiger partial charge in [0.05, 0.1) is 25.5 Å². The summed E-state index contributed by atoms with van der Waals surface area (Å²) in [4.78, 5) is 38.4. The quantitative estimate of drug-likeness (QED) is 0.332. The van der Waals surface area contributed by atoms with E-state index >= 15 is 0 Å². The predicted octanol–water partition coefficient (Wildman–Crippen LogP) is 4.26. The molecule has 2 aliphatic rings. The van der Waals surface area contributed by atoms with Gasteiger partial charge in [0.2, 0.25) is 0 Å². The van der Waals surface area contributed by atoms with E-state index in [1.54, 1.807) is 0 Å². The highest BCUT2D eigenvalue weighted by atomic mass is 32.2. The first-order valence-electron chi connectivity index (χ1n) is 11.2. The van der Waals surface area contributed by atoms with Gasteiger partial charge in [0, 0.05) is 31.2 Å². The fourth-order valence-corrected chi connectivity index (χ4v) is 3.85. The number of ether oxygens (including phenoxy) is 2. The summed E-state index contributed by atoms with van der Waals surface area (Å²) in [5.74, 6) is 5.31. The Labute approximate surface area is 216 Å². The number of alkyl halides is 2. The van der Waals surface area contributed by atoms with E-state index in [1.165, 1.54) is 24.3 Å². The lowest BCUT2D eigenvalue weighted by Crippen LogP contribution is -2.38. The van der Waals surface area contributed by atoms with E-state index in [4.69, 9.17) is 20.6 Å². The molecule has 0 radical (unpaired) electrons. The van der Waals surface area contributed by atoms with Crippen molar-refractivity contribution >= 4 is 39.8 Å². The van der Waals surface area contributed by atoms with Crippen LogP contribution in [-0.2, 0) is 4.74 Å². The molecule has 13 heteroatoms. The molecule has 10 nitrogen and oxygen atoms in total. The molecule has 0 unspecified atom stereocenters. The number of aromatic nitrogens is 2. The molecular formula is C24H24F2N6O4S. The van der Waals surface area contributed by atoms with Gasteiger partial charge < -0.3 is 15.2 Å². The molecule has 1 aliphatic heterocycles. The summed E-state index contributed by atoms with van der Waals surface area (Å²) in [6.45, 7) is 0.584. The highest BCUT2D eigenvalue weighted by Gasteiger charge is 2.26. The number of rotatable bonds is 5. The van der Waals surface area contributed by atoms with Crippen LogP contribution in [0.2, 0.25) is 0 Å². The molecule has 2 aromatic rings. The van der Waals surface area contributed by atoms with E-state index in [1.807, 2.05) is 0 Å². The number of hydrogen-bond donors (Lipinski definition) is 2. The van der Waals surface area contributed by atoms with Gasteiger partial charge in [-0.1, -0.05) is 5.92 Å². The molecule has 1 saturated carbocycles. The van der Waals surface area contributed by atoms with Crippen molar-refractivity contribution in [2.45, 2.75) is 25.7 Å². The second kappa shape index (κ2) is 11.3. The number of nitrogens with two attached hydrogens (primary N) is 1. The number of methoxy groups -OCH3 is 1. The molecular weight excluding hydrogens is 506 g/mol. The molecule has 3 N–H and O–H groups in total. The van der Waals surface area contributed by atoms with Crippen molar-refractivity contribution in [1.82, 2.24) is 9.97 Å². The second-order valence-electron chi connectivity index (χ2n) is 8.05. The van der Waals surface area contributed by atoms with E-state index in [0.717, 1.165) is 36.9 Å². The third-order valence-electron chi connectivity index (χ3n) is 5.38. The molecule has 3 heterocycles. The summed E-state index contributed by atoms with van der Waals surface area (Å²) in [5, 5.41) is 7.63. The smallest absolute Gasteiger partial charge is 0.415 e. The topological polar surface area (TPSA) is 144 Å². The van der Waals surface area contributed by atoms with Crippen LogP contribution in [0, 0.1) is 23.2 Å². The van der Waals surface area contributed by atoms with Crippen molar-refractivity contribution in [2.24, 2.45) is 16.6 Å². The second-order valence-corrected chi connectivity index (χ2v) is 9.08. The normalized spacial score (nSPS) is 15.6. The largest absolute Gasteiger partial charge is 0.494 e. The Hall–Kier alpha value is -4.05. The third kappa shape index (κ3) is 6.39. The van der Waals surface area contributed by atoms with Gasteiger partial charge in [0.1, 0.15) is 22.3 Å². The van der Waals surface area contributed by atoms with Crippen LogP contribution in [0.15, 0.2) is 29.5 Å². The number of nitrogens with zero attached hydrogens (tertiary/aromatic N) is 4. The Morgan fingerprint density at radius 2 is 2.14 bits per heavy atom. The minimum absolute atomic E-state index is 0. The van der Waals surface area contributed by atoms with Gasteiger partial charge in [-0.3, -0.25) is 20.1 Å². The number of aliphatic imine (C=N–C) groups is 1. The molecule has 4 rings (SSSR count). The Kier molecular flexibility index (Phi) is 7.98. The molecule has 194 valence electrons. The SMILES string of the molecule is COc1cnc(C(F)F)cc1-c1cc(N2CCCOC2=O)ncc1C(=O)N=C(N)SC(=N)C#CC1CC1.[HH]. The van der Waals surface area contributed by atoms with Gasteiger partial charge >= 0.3 is 6.09 Å². The molecule has 0 spiro atoms. The third-order valence-corrected chi connectivity index (χ3v) is 5.98.